The third kappa shape index (κ3) is 16.4. The maximum atomic E-state index is 12.6. The second kappa shape index (κ2) is 16.7. The van der Waals surface area contributed by atoms with E-state index in [0.29, 0.717) is 12.8 Å². The van der Waals surface area contributed by atoms with Gasteiger partial charge in [-0.1, -0.05) is 20.8 Å². The number of ether oxygens (including phenoxy) is 3. The van der Waals surface area contributed by atoms with Crippen LogP contribution in [0.3, 0.4) is 0 Å². The smallest absolute Gasteiger partial charge is 0.329 e. The van der Waals surface area contributed by atoms with Gasteiger partial charge in [-0.05, 0) is 39.5 Å². The van der Waals surface area contributed by atoms with E-state index in [1.165, 1.54) is 19.1 Å². The van der Waals surface area contributed by atoms with Crippen LogP contribution in [0.15, 0.2) is 0 Å². The zero-order chi connectivity index (χ0) is 22.5. The summed E-state index contributed by atoms with van der Waals surface area (Å²) < 4.78 is 15.8. The Hall–Kier alpha value is -1.05. The Kier molecular flexibility index (Phi) is 18.8. The van der Waals surface area contributed by atoms with Crippen molar-refractivity contribution in [2.75, 3.05) is 27.3 Å². The van der Waals surface area contributed by atoms with Gasteiger partial charge in [-0.3, -0.25) is 4.79 Å². The van der Waals surface area contributed by atoms with E-state index in [0.717, 1.165) is 0 Å². The molecule has 9 nitrogen and oxygen atoms in total. The van der Waals surface area contributed by atoms with E-state index in [9.17, 15) is 14.4 Å². The molecule has 0 fully saturated rings. The summed E-state index contributed by atoms with van der Waals surface area (Å²) in [4.78, 5) is 35.7. The molecule has 3 N–H and O–H groups in total. The van der Waals surface area contributed by atoms with Gasteiger partial charge in [0.2, 0.25) is 5.91 Å². The number of hydrogen-bond donors (Lipinski definition) is 1. The van der Waals surface area contributed by atoms with Crippen molar-refractivity contribution in [1.82, 2.24) is 4.90 Å². The van der Waals surface area contributed by atoms with Gasteiger partial charge >= 0.3 is 5.97 Å². The van der Waals surface area contributed by atoms with E-state index in [-0.39, 0.29) is 45.3 Å². The van der Waals surface area contributed by atoms with Gasteiger partial charge in [0.1, 0.15) is 11.6 Å². The summed E-state index contributed by atoms with van der Waals surface area (Å²) in [5.41, 5.74) is 11.1. The largest absolute Gasteiger partial charge is 0.668 e. The summed E-state index contributed by atoms with van der Waals surface area (Å²) in [5, 5.41) is 0. The first-order valence-electron chi connectivity index (χ1n) is 9.35. The van der Waals surface area contributed by atoms with Crippen LogP contribution in [-0.2, 0) is 49.0 Å². The quantitative estimate of drug-likeness (QED) is 0.270. The summed E-state index contributed by atoms with van der Waals surface area (Å²) in [7, 11) is 2.95. The predicted molar refractivity (Wildman–Crippen MR) is 107 cm³/mol. The van der Waals surface area contributed by atoms with Crippen LogP contribution in [0.1, 0.15) is 54.4 Å². The number of rotatable bonds is 10. The number of hydrogen-bond acceptors (Lipinski definition) is 7. The van der Waals surface area contributed by atoms with Gasteiger partial charge in [-0.2, -0.15) is 0 Å². The maximum absolute atomic E-state index is 12.6. The fourth-order valence-electron chi connectivity index (χ4n) is 2.09. The Morgan fingerprint density at radius 2 is 1.55 bits per heavy atom. The first-order valence-corrected chi connectivity index (χ1v) is 9.35. The monoisotopic (exact) mass is 510 g/mol. The molecule has 0 heterocycles. The van der Waals surface area contributed by atoms with Crippen molar-refractivity contribution >= 4 is 17.8 Å². The molecule has 2 amide bonds. The molecule has 0 rings (SSSR count). The van der Waals surface area contributed by atoms with Crippen molar-refractivity contribution in [3.63, 3.8) is 0 Å². The zero-order valence-electron chi connectivity index (χ0n) is 18.9. The van der Waals surface area contributed by atoms with E-state index in [1.54, 1.807) is 27.7 Å². The van der Waals surface area contributed by atoms with Gasteiger partial charge < -0.3 is 35.4 Å². The molecule has 0 aliphatic heterocycles. The van der Waals surface area contributed by atoms with Crippen molar-refractivity contribution in [2.45, 2.75) is 72.3 Å². The summed E-state index contributed by atoms with van der Waals surface area (Å²) in [6.45, 7) is 10.9. The number of amides is 2. The van der Waals surface area contributed by atoms with Crippen molar-refractivity contribution in [3.05, 3.63) is 5.73 Å². The van der Waals surface area contributed by atoms with E-state index < -0.39 is 29.8 Å². The molecule has 0 radical (unpaired) electrons. The topological polar surface area (TPSA) is 132 Å². The van der Waals surface area contributed by atoms with Gasteiger partial charge in [0, 0.05) is 40.5 Å². The molecule has 0 aromatic rings. The molecule has 0 aromatic carbocycles. The van der Waals surface area contributed by atoms with Gasteiger partial charge in [0.25, 0.3) is 0 Å². The molecule has 0 aliphatic rings. The molecule has 29 heavy (non-hydrogen) atoms. The second-order valence-electron chi connectivity index (χ2n) is 7.61. The molecule has 0 spiro atoms. The Bertz CT molecular complexity index is 479. The van der Waals surface area contributed by atoms with Crippen LogP contribution in [-0.4, -0.2) is 67.9 Å². The second-order valence-corrected chi connectivity index (χ2v) is 7.61. The first kappa shape index (κ1) is 32.6. The molecular weight excluding hydrogens is 473 g/mol. The van der Waals surface area contributed by atoms with Crippen LogP contribution in [0, 0.1) is 5.92 Å². The number of carbonyl (C=O) groups is 3. The maximum Gasteiger partial charge on any atom is 0.329 e. The van der Waals surface area contributed by atoms with Crippen molar-refractivity contribution in [1.29, 1.82) is 0 Å². The summed E-state index contributed by atoms with van der Waals surface area (Å²) in [5.74, 6) is -1.09. The third-order valence-corrected chi connectivity index (χ3v) is 3.44. The molecule has 0 aliphatic carbocycles. The van der Waals surface area contributed by atoms with Gasteiger partial charge in [-0.25, -0.2) is 4.79 Å². The molecule has 10 heteroatoms. The van der Waals surface area contributed by atoms with Crippen LogP contribution in [0.4, 0.5) is 0 Å². The van der Waals surface area contributed by atoms with E-state index in [1.807, 2.05) is 13.8 Å². The average molecular weight is 511 g/mol. The summed E-state index contributed by atoms with van der Waals surface area (Å²) in [6, 6.07) is -0.724. The number of esters is 1. The van der Waals surface area contributed by atoms with E-state index in [4.69, 9.17) is 25.7 Å². The molecule has 1 unspecified atom stereocenters. The molecule has 0 saturated carbocycles. The summed E-state index contributed by atoms with van der Waals surface area (Å²) >= 11 is 0. The zero-order valence-corrected chi connectivity index (χ0v) is 20.4. The van der Waals surface area contributed by atoms with Gasteiger partial charge in [0.15, 0.2) is 6.29 Å². The molecule has 0 aromatic heterocycles. The van der Waals surface area contributed by atoms with Crippen molar-refractivity contribution in [3.8, 4) is 0 Å². The molecular formula is C19H38N3O6Pd-. The Morgan fingerprint density at radius 1 is 1.10 bits per heavy atom. The third-order valence-electron chi connectivity index (χ3n) is 3.44. The molecule has 176 valence electrons. The standard InChI is InChI=1S/C16H32N2O5.C3H7NO.Pd/c1-11(2)8-12(15(20)23-16(3,4)5)18(13(19)9-17)10-14(21-6)22-7;1-2-3(4)5;/h11-12,14H,8-10,17H2,1-7H3;2H2,1H3,(H2,4,5);/p-1. The van der Waals surface area contributed by atoms with Crippen molar-refractivity contribution < 1.29 is 49.0 Å². The van der Waals surface area contributed by atoms with Crippen LogP contribution in [0.2, 0.25) is 0 Å². The number of carbonyl (C=O) groups excluding carboxylic acids is 3. The van der Waals surface area contributed by atoms with Crippen LogP contribution in [0.5, 0.6) is 0 Å². The normalized spacial score (nSPS) is 11.8. The molecule has 0 saturated heterocycles. The van der Waals surface area contributed by atoms with E-state index >= 15 is 0 Å². The number of nitrogens with one attached hydrogen (secondary N) is 1. The van der Waals surface area contributed by atoms with Crippen molar-refractivity contribution in [2.24, 2.45) is 11.7 Å². The van der Waals surface area contributed by atoms with Gasteiger partial charge in [0.05, 0.1) is 13.1 Å². The Labute approximate surface area is 188 Å². The van der Waals surface area contributed by atoms with Crippen LogP contribution >= 0.6 is 0 Å². The minimum atomic E-state index is -0.724. The van der Waals surface area contributed by atoms with Crippen LogP contribution in [0.25, 0.3) is 5.73 Å². The number of methoxy groups -OCH3 is 2. The first-order chi connectivity index (χ1) is 12.8. The minimum absolute atomic E-state index is 0. The van der Waals surface area contributed by atoms with E-state index in [2.05, 4.69) is 0 Å². The Morgan fingerprint density at radius 3 is 1.83 bits per heavy atom. The predicted octanol–water partition coefficient (Wildman–Crippen LogP) is 2.12. The molecule has 1 atom stereocenters. The average Bonchev–Trinajstić information content (AvgIpc) is 2.59. The minimum Gasteiger partial charge on any atom is -0.668 e. The Balaban J connectivity index is -0.000000997. The number of nitrogens with two attached hydrogens (primary N) is 1. The summed E-state index contributed by atoms with van der Waals surface area (Å²) in [6.07, 6.45) is 0.170. The fraction of sp³-hybridized carbons (Fsp3) is 0.842. The fourth-order valence-corrected chi connectivity index (χ4v) is 2.09. The molecule has 0 bridgehead atoms. The number of nitrogens with zero attached hydrogens (tertiary/aromatic N) is 1. The SMILES string of the molecule is CCC([NH-])=O.COC(CN(C(=O)CN)C(CC(C)C)C(=O)OC(C)(C)C)OC.[Pd]. The van der Waals surface area contributed by atoms with Gasteiger partial charge in [-0.15, -0.1) is 0 Å². The van der Waals surface area contributed by atoms with Crippen LogP contribution < -0.4 is 5.73 Å².